The van der Waals surface area contributed by atoms with E-state index in [9.17, 15) is 9.90 Å². The van der Waals surface area contributed by atoms with Gasteiger partial charge >= 0.3 is 5.97 Å². The molecule has 0 amide bonds. The molecule has 0 unspecified atom stereocenters. The second-order valence-electron chi connectivity index (χ2n) is 5.13. The summed E-state index contributed by atoms with van der Waals surface area (Å²) in [7, 11) is 0. The van der Waals surface area contributed by atoms with Gasteiger partial charge in [0.25, 0.3) is 0 Å². The highest BCUT2D eigenvalue weighted by atomic mass is 32.1. The quantitative estimate of drug-likeness (QED) is 0.774. The second kappa shape index (κ2) is 4.85. The predicted molar refractivity (Wildman–Crippen MR) is 80.9 cm³/mol. The van der Waals surface area contributed by atoms with Gasteiger partial charge in [-0.05, 0) is 26.0 Å². The maximum atomic E-state index is 11.6. The molecule has 0 fully saturated rings. The molecule has 3 heterocycles. The second-order valence-corrected chi connectivity index (χ2v) is 6.02. The standard InChI is InChI=1S/C14H14N4O2S/c1-14(2,13-15-6-8-21-13)17-11-10(12(19)20)18-7-4-3-5-9(18)16-11/h3-8,17H,1-2H3,(H,19,20). The zero-order valence-electron chi connectivity index (χ0n) is 11.6. The molecule has 2 N–H and O–H groups in total. The minimum absolute atomic E-state index is 0.121. The number of nitrogens with one attached hydrogen (secondary N) is 1. The Morgan fingerprint density at radius 2 is 2.24 bits per heavy atom. The molecule has 0 bridgehead atoms. The molecule has 0 atom stereocenters. The Kier molecular flexibility index (Phi) is 3.13. The Hall–Kier alpha value is -2.41. The Bertz CT molecular complexity index is 793. The van der Waals surface area contributed by atoms with E-state index in [0.717, 1.165) is 5.01 Å². The van der Waals surface area contributed by atoms with Crippen LogP contribution in [0.15, 0.2) is 36.0 Å². The fourth-order valence-corrected chi connectivity index (χ4v) is 2.89. The molecule has 108 valence electrons. The first-order valence-electron chi connectivity index (χ1n) is 6.37. The van der Waals surface area contributed by atoms with Gasteiger partial charge in [0.2, 0.25) is 0 Å². The summed E-state index contributed by atoms with van der Waals surface area (Å²) in [5.74, 6) is -0.681. The summed E-state index contributed by atoms with van der Waals surface area (Å²) in [4.78, 5) is 20.2. The van der Waals surface area contributed by atoms with Gasteiger partial charge in [0, 0.05) is 17.8 Å². The van der Waals surface area contributed by atoms with Crippen molar-refractivity contribution in [2.45, 2.75) is 19.4 Å². The normalized spacial score (nSPS) is 11.7. The maximum absolute atomic E-state index is 11.6. The van der Waals surface area contributed by atoms with Gasteiger partial charge in [-0.25, -0.2) is 14.8 Å². The lowest BCUT2D eigenvalue weighted by molar-refractivity contribution is 0.0690. The molecule has 3 aromatic heterocycles. The zero-order valence-corrected chi connectivity index (χ0v) is 12.4. The average molecular weight is 302 g/mol. The molecule has 0 saturated heterocycles. The number of pyridine rings is 1. The van der Waals surface area contributed by atoms with Crippen LogP contribution in [0, 0.1) is 0 Å². The van der Waals surface area contributed by atoms with Crippen LogP contribution in [-0.2, 0) is 5.54 Å². The summed E-state index contributed by atoms with van der Waals surface area (Å²) in [5.41, 5.74) is 0.207. The molecule has 0 radical (unpaired) electrons. The Balaban J connectivity index is 2.08. The van der Waals surface area contributed by atoms with Crippen LogP contribution in [-0.4, -0.2) is 25.4 Å². The Morgan fingerprint density at radius 1 is 1.43 bits per heavy atom. The predicted octanol–water partition coefficient (Wildman–Crippen LogP) is 2.84. The number of hydrogen-bond donors (Lipinski definition) is 2. The lowest BCUT2D eigenvalue weighted by Crippen LogP contribution is -2.29. The smallest absolute Gasteiger partial charge is 0.356 e. The van der Waals surface area contributed by atoms with Crippen LogP contribution in [0.5, 0.6) is 0 Å². The third-order valence-electron chi connectivity index (χ3n) is 3.13. The van der Waals surface area contributed by atoms with Gasteiger partial charge in [-0.15, -0.1) is 11.3 Å². The third-order valence-corrected chi connectivity index (χ3v) is 4.23. The van der Waals surface area contributed by atoms with Crippen molar-refractivity contribution in [3.63, 3.8) is 0 Å². The van der Waals surface area contributed by atoms with Crippen LogP contribution in [0.1, 0.15) is 29.3 Å². The van der Waals surface area contributed by atoms with Gasteiger partial charge in [-0.2, -0.15) is 0 Å². The highest BCUT2D eigenvalue weighted by molar-refractivity contribution is 7.09. The van der Waals surface area contributed by atoms with Crippen LogP contribution in [0.2, 0.25) is 0 Å². The number of imidazole rings is 1. The molecule has 3 aromatic rings. The summed E-state index contributed by atoms with van der Waals surface area (Å²) in [6.45, 7) is 3.89. The van der Waals surface area contributed by atoms with E-state index >= 15 is 0 Å². The number of thiazole rings is 1. The molecule has 0 saturated carbocycles. The molecule has 0 spiro atoms. The first-order chi connectivity index (χ1) is 9.99. The molecule has 0 aliphatic carbocycles. The van der Waals surface area contributed by atoms with Crippen molar-refractivity contribution in [1.82, 2.24) is 14.4 Å². The van der Waals surface area contributed by atoms with E-state index in [1.54, 1.807) is 28.9 Å². The fourth-order valence-electron chi connectivity index (χ4n) is 2.17. The maximum Gasteiger partial charge on any atom is 0.356 e. The van der Waals surface area contributed by atoms with E-state index in [2.05, 4.69) is 15.3 Å². The van der Waals surface area contributed by atoms with E-state index in [0.29, 0.717) is 11.5 Å². The summed E-state index contributed by atoms with van der Waals surface area (Å²) >= 11 is 1.51. The molecule has 0 aliphatic rings. The number of aromatic carboxylic acids is 1. The van der Waals surface area contributed by atoms with Crippen LogP contribution in [0.25, 0.3) is 5.65 Å². The van der Waals surface area contributed by atoms with Crippen molar-refractivity contribution in [2.75, 3.05) is 5.32 Å². The van der Waals surface area contributed by atoms with Crippen LogP contribution < -0.4 is 5.32 Å². The molecular weight excluding hydrogens is 288 g/mol. The number of nitrogens with zero attached hydrogens (tertiary/aromatic N) is 3. The number of hydrogen-bond acceptors (Lipinski definition) is 5. The van der Waals surface area contributed by atoms with Crippen molar-refractivity contribution in [2.24, 2.45) is 0 Å². The van der Waals surface area contributed by atoms with E-state index in [1.807, 2.05) is 25.3 Å². The lowest BCUT2D eigenvalue weighted by atomic mass is 10.1. The molecule has 7 heteroatoms. The highest BCUT2D eigenvalue weighted by Crippen LogP contribution is 2.29. The number of carboxylic acid groups (broad SMARTS) is 1. The van der Waals surface area contributed by atoms with Gasteiger partial charge in [-0.3, -0.25) is 4.40 Å². The summed E-state index contributed by atoms with van der Waals surface area (Å²) in [6, 6.07) is 5.37. The minimum atomic E-state index is -1.02. The number of rotatable bonds is 4. The number of aromatic nitrogens is 3. The van der Waals surface area contributed by atoms with Crippen LogP contribution in [0.4, 0.5) is 5.82 Å². The van der Waals surface area contributed by atoms with Crippen molar-refractivity contribution in [3.05, 3.63) is 46.7 Å². The molecule has 21 heavy (non-hydrogen) atoms. The van der Waals surface area contributed by atoms with E-state index < -0.39 is 11.5 Å². The first-order valence-corrected chi connectivity index (χ1v) is 7.25. The molecule has 3 rings (SSSR count). The molecule has 6 nitrogen and oxygen atoms in total. The van der Waals surface area contributed by atoms with E-state index in [4.69, 9.17) is 0 Å². The van der Waals surface area contributed by atoms with Gasteiger partial charge in [0.05, 0.1) is 5.54 Å². The first kappa shape index (κ1) is 13.6. The minimum Gasteiger partial charge on any atom is -0.476 e. The number of carbonyl (C=O) groups is 1. The number of anilines is 1. The summed E-state index contributed by atoms with van der Waals surface area (Å²) < 4.78 is 1.56. The topological polar surface area (TPSA) is 79.5 Å². The van der Waals surface area contributed by atoms with Crippen LogP contribution in [0.3, 0.4) is 0 Å². The number of fused-ring (bicyclic) bond motifs is 1. The lowest BCUT2D eigenvalue weighted by Gasteiger charge is -2.24. The largest absolute Gasteiger partial charge is 0.476 e. The monoisotopic (exact) mass is 302 g/mol. The molecule has 0 aromatic carbocycles. The highest BCUT2D eigenvalue weighted by Gasteiger charge is 2.28. The zero-order chi connectivity index (χ0) is 15.0. The number of carboxylic acids is 1. The Labute approximate surface area is 125 Å². The molecule has 0 aliphatic heterocycles. The van der Waals surface area contributed by atoms with Gasteiger partial charge in [0.1, 0.15) is 10.7 Å². The van der Waals surface area contributed by atoms with Crippen molar-refractivity contribution in [3.8, 4) is 0 Å². The molecular formula is C14H14N4O2S. The van der Waals surface area contributed by atoms with Crippen LogP contribution >= 0.6 is 11.3 Å². The summed E-state index contributed by atoms with van der Waals surface area (Å²) in [6.07, 6.45) is 3.42. The van der Waals surface area contributed by atoms with E-state index in [-0.39, 0.29) is 5.69 Å². The average Bonchev–Trinajstić information content (AvgIpc) is 3.05. The Morgan fingerprint density at radius 3 is 2.90 bits per heavy atom. The van der Waals surface area contributed by atoms with E-state index in [1.165, 1.54) is 11.3 Å². The SMILES string of the molecule is CC(C)(Nc1nc2ccccn2c1C(=O)O)c1nccs1. The third kappa shape index (κ3) is 2.36. The van der Waals surface area contributed by atoms with Crippen molar-refractivity contribution in [1.29, 1.82) is 0 Å². The fraction of sp³-hybridized carbons (Fsp3) is 0.214. The van der Waals surface area contributed by atoms with Gasteiger partial charge in [-0.1, -0.05) is 6.07 Å². The summed E-state index contributed by atoms with van der Waals surface area (Å²) in [5, 5.41) is 15.4. The van der Waals surface area contributed by atoms with Crippen molar-refractivity contribution < 1.29 is 9.90 Å². The van der Waals surface area contributed by atoms with Crippen molar-refractivity contribution >= 4 is 28.8 Å². The van der Waals surface area contributed by atoms with Gasteiger partial charge in [0.15, 0.2) is 11.5 Å². The van der Waals surface area contributed by atoms with Gasteiger partial charge < -0.3 is 10.4 Å².